The molecule has 2 heterocycles. The van der Waals surface area contributed by atoms with E-state index in [1.54, 1.807) is 48.3 Å². The highest BCUT2D eigenvalue weighted by atomic mass is 19.1. The molecule has 1 amide bonds. The molecule has 0 bridgehead atoms. The summed E-state index contributed by atoms with van der Waals surface area (Å²) in [4.78, 5) is 26.7. The Labute approximate surface area is 185 Å². The summed E-state index contributed by atoms with van der Waals surface area (Å²) in [7, 11) is 1.77. The molecule has 0 spiro atoms. The number of hydrazine groups is 1. The standard InChI is InChI=1S/C23H27FN6O2/c1-29(12-5-8-18-15-21(26-25-18)16-6-4-7-17(24)14-16)22(31)11-13-30-23(32)19-9-2-3-10-20(19)27-28-30/h2-4,6-7,9-10,14,18,21,25-26H,5,8,11-13,15H2,1H3. The predicted octanol–water partition coefficient (Wildman–Crippen LogP) is 2.17. The number of amides is 1. The van der Waals surface area contributed by atoms with Crippen molar-refractivity contribution in [2.75, 3.05) is 13.6 Å². The summed E-state index contributed by atoms with van der Waals surface area (Å²) in [5, 5.41) is 8.48. The third kappa shape index (κ3) is 5.17. The van der Waals surface area contributed by atoms with Gasteiger partial charge in [-0.05, 0) is 49.1 Å². The first-order chi connectivity index (χ1) is 15.5. The van der Waals surface area contributed by atoms with Crippen LogP contribution in [0.15, 0.2) is 53.3 Å². The van der Waals surface area contributed by atoms with E-state index < -0.39 is 0 Å². The number of aromatic nitrogens is 3. The van der Waals surface area contributed by atoms with Crippen LogP contribution < -0.4 is 16.4 Å². The van der Waals surface area contributed by atoms with Crippen molar-refractivity contribution >= 4 is 16.8 Å². The lowest BCUT2D eigenvalue weighted by Crippen LogP contribution is -2.33. The third-order valence-corrected chi connectivity index (χ3v) is 5.87. The van der Waals surface area contributed by atoms with E-state index in [-0.39, 0.29) is 42.3 Å². The fourth-order valence-electron chi connectivity index (χ4n) is 4.02. The molecule has 1 fully saturated rings. The lowest BCUT2D eigenvalue weighted by atomic mass is 9.99. The lowest BCUT2D eigenvalue weighted by molar-refractivity contribution is -0.130. The van der Waals surface area contributed by atoms with Crippen molar-refractivity contribution in [1.29, 1.82) is 0 Å². The van der Waals surface area contributed by atoms with Gasteiger partial charge in [-0.25, -0.2) is 9.07 Å². The van der Waals surface area contributed by atoms with E-state index in [0.29, 0.717) is 17.4 Å². The average Bonchev–Trinajstić information content (AvgIpc) is 3.27. The monoisotopic (exact) mass is 438 g/mol. The Kier molecular flexibility index (Phi) is 6.87. The first-order valence-corrected chi connectivity index (χ1v) is 10.8. The van der Waals surface area contributed by atoms with Crippen molar-refractivity contribution in [3.05, 3.63) is 70.3 Å². The van der Waals surface area contributed by atoms with Crippen LogP contribution in [0.3, 0.4) is 0 Å². The fourth-order valence-corrected chi connectivity index (χ4v) is 4.02. The molecule has 1 aliphatic rings. The van der Waals surface area contributed by atoms with E-state index in [1.165, 1.54) is 10.7 Å². The molecular formula is C23H27FN6O2. The third-order valence-electron chi connectivity index (χ3n) is 5.87. The van der Waals surface area contributed by atoms with Crippen molar-refractivity contribution in [3.63, 3.8) is 0 Å². The van der Waals surface area contributed by atoms with E-state index in [2.05, 4.69) is 21.2 Å². The Morgan fingerprint density at radius 3 is 2.91 bits per heavy atom. The molecule has 2 atom stereocenters. The summed E-state index contributed by atoms with van der Waals surface area (Å²) >= 11 is 0. The zero-order chi connectivity index (χ0) is 22.5. The van der Waals surface area contributed by atoms with Crippen LogP contribution in [0.1, 0.15) is 37.3 Å². The maximum atomic E-state index is 13.4. The summed E-state index contributed by atoms with van der Waals surface area (Å²) in [6.07, 6.45) is 2.79. The van der Waals surface area contributed by atoms with Gasteiger partial charge in [0.1, 0.15) is 11.3 Å². The lowest BCUT2D eigenvalue weighted by Gasteiger charge is -2.18. The molecule has 1 aromatic heterocycles. The first-order valence-electron chi connectivity index (χ1n) is 10.8. The van der Waals surface area contributed by atoms with Gasteiger partial charge in [0.25, 0.3) is 5.56 Å². The number of nitrogens with zero attached hydrogens (tertiary/aromatic N) is 4. The first kappa shape index (κ1) is 22.0. The van der Waals surface area contributed by atoms with Gasteiger partial charge in [-0.2, -0.15) is 0 Å². The van der Waals surface area contributed by atoms with E-state index >= 15 is 0 Å². The fraction of sp³-hybridized carbons (Fsp3) is 0.391. The van der Waals surface area contributed by atoms with Crippen LogP contribution in [0.5, 0.6) is 0 Å². The van der Waals surface area contributed by atoms with Crippen LogP contribution in [0.2, 0.25) is 0 Å². The van der Waals surface area contributed by atoms with Crippen LogP contribution in [0.25, 0.3) is 10.9 Å². The molecule has 1 saturated heterocycles. The van der Waals surface area contributed by atoms with Gasteiger partial charge in [0.2, 0.25) is 5.91 Å². The summed E-state index contributed by atoms with van der Waals surface area (Å²) in [6, 6.07) is 14.0. The molecule has 3 aromatic rings. The molecule has 32 heavy (non-hydrogen) atoms. The molecule has 0 radical (unpaired) electrons. The minimum absolute atomic E-state index is 0.0398. The number of hydrogen-bond acceptors (Lipinski definition) is 6. The van der Waals surface area contributed by atoms with Crippen molar-refractivity contribution in [1.82, 2.24) is 30.7 Å². The van der Waals surface area contributed by atoms with Gasteiger partial charge < -0.3 is 4.90 Å². The maximum Gasteiger partial charge on any atom is 0.277 e. The number of hydrogen-bond donors (Lipinski definition) is 2. The molecule has 0 saturated carbocycles. The number of halogens is 1. The van der Waals surface area contributed by atoms with Crippen molar-refractivity contribution in [3.8, 4) is 0 Å². The molecule has 9 heteroatoms. The quantitative estimate of drug-likeness (QED) is 0.560. The number of aryl methyl sites for hydroxylation is 1. The van der Waals surface area contributed by atoms with Gasteiger partial charge in [0.05, 0.1) is 11.9 Å². The van der Waals surface area contributed by atoms with Crippen LogP contribution in [0, 0.1) is 5.82 Å². The smallest absolute Gasteiger partial charge is 0.277 e. The van der Waals surface area contributed by atoms with Gasteiger partial charge in [0, 0.05) is 32.1 Å². The second kappa shape index (κ2) is 9.97. The Morgan fingerprint density at radius 2 is 2.06 bits per heavy atom. The number of benzene rings is 2. The summed E-state index contributed by atoms with van der Waals surface area (Å²) in [6.45, 7) is 0.823. The Morgan fingerprint density at radius 1 is 1.22 bits per heavy atom. The van der Waals surface area contributed by atoms with Crippen LogP contribution in [0.4, 0.5) is 4.39 Å². The van der Waals surface area contributed by atoms with Gasteiger partial charge in [-0.3, -0.25) is 20.4 Å². The highest BCUT2D eigenvalue weighted by Crippen LogP contribution is 2.24. The van der Waals surface area contributed by atoms with E-state index in [1.807, 2.05) is 6.07 Å². The number of nitrogens with one attached hydrogen (secondary N) is 2. The highest BCUT2D eigenvalue weighted by molar-refractivity contribution is 5.77. The van der Waals surface area contributed by atoms with E-state index in [0.717, 1.165) is 24.8 Å². The zero-order valence-corrected chi connectivity index (χ0v) is 18.0. The molecule has 1 aliphatic heterocycles. The van der Waals surface area contributed by atoms with Crippen LogP contribution in [-0.4, -0.2) is 45.4 Å². The highest BCUT2D eigenvalue weighted by Gasteiger charge is 2.25. The SMILES string of the molecule is CN(CCCC1CC(c2cccc(F)c2)NN1)C(=O)CCn1nnc2ccccc2c1=O. The van der Waals surface area contributed by atoms with E-state index in [4.69, 9.17) is 0 Å². The zero-order valence-electron chi connectivity index (χ0n) is 18.0. The van der Waals surface area contributed by atoms with E-state index in [9.17, 15) is 14.0 Å². The van der Waals surface area contributed by atoms with Crippen molar-refractivity contribution in [2.24, 2.45) is 0 Å². The summed E-state index contributed by atoms with van der Waals surface area (Å²) in [5.74, 6) is -0.271. The van der Waals surface area contributed by atoms with Gasteiger partial charge in [-0.15, -0.1) is 5.10 Å². The number of rotatable bonds is 8. The molecule has 2 unspecified atom stereocenters. The molecule has 2 aromatic carbocycles. The Bertz CT molecular complexity index is 1150. The van der Waals surface area contributed by atoms with Gasteiger partial charge in [0.15, 0.2) is 0 Å². The minimum atomic E-state index is -0.237. The summed E-state index contributed by atoms with van der Waals surface area (Å²) < 4.78 is 14.7. The number of carbonyl (C=O) groups excluding carboxylic acids is 1. The molecule has 168 valence electrons. The van der Waals surface area contributed by atoms with Gasteiger partial charge in [-0.1, -0.05) is 29.5 Å². The van der Waals surface area contributed by atoms with Gasteiger partial charge >= 0.3 is 0 Å². The topological polar surface area (TPSA) is 92.2 Å². The molecular weight excluding hydrogens is 411 g/mol. The number of fused-ring (bicyclic) bond motifs is 1. The maximum absolute atomic E-state index is 13.4. The largest absolute Gasteiger partial charge is 0.346 e. The molecule has 2 N–H and O–H groups in total. The van der Waals surface area contributed by atoms with Crippen molar-refractivity contribution < 1.29 is 9.18 Å². The summed E-state index contributed by atoms with van der Waals surface area (Å²) in [5.41, 5.74) is 7.73. The average molecular weight is 439 g/mol. The normalized spacial score (nSPS) is 18.2. The second-order valence-electron chi connectivity index (χ2n) is 8.17. The predicted molar refractivity (Wildman–Crippen MR) is 119 cm³/mol. The number of carbonyl (C=O) groups is 1. The minimum Gasteiger partial charge on any atom is -0.346 e. The Balaban J connectivity index is 1.21. The van der Waals surface area contributed by atoms with Crippen molar-refractivity contribution in [2.45, 2.75) is 44.3 Å². The Hall–Kier alpha value is -3.17. The molecule has 0 aliphatic carbocycles. The van der Waals surface area contributed by atoms with Crippen LogP contribution >= 0.6 is 0 Å². The molecule has 4 rings (SSSR count). The molecule has 8 nitrogen and oxygen atoms in total. The van der Waals surface area contributed by atoms with Crippen LogP contribution in [-0.2, 0) is 11.3 Å². The second-order valence-corrected chi connectivity index (χ2v) is 8.17.